The highest BCUT2D eigenvalue weighted by Gasteiger charge is 1.82. The number of carboxylic acid groups (broad SMARTS) is 1. The van der Waals surface area contributed by atoms with Gasteiger partial charge in [0.2, 0.25) is 0 Å². The lowest BCUT2D eigenvalue weighted by atomic mass is 10.3. The quantitative estimate of drug-likeness (QED) is 0.426. The van der Waals surface area contributed by atoms with E-state index in [0.29, 0.717) is 6.42 Å². The van der Waals surface area contributed by atoms with E-state index < -0.39 is 6.09 Å². The zero-order valence-electron chi connectivity index (χ0n) is 6.90. The molecule has 12 heavy (non-hydrogen) atoms. The molecule has 0 fully saturated rings. The van der Waals surface area contributed by atoms with E-state index in [-0.39, 0.29) is 0 Å². The predicted octanol–water partition coefficient (Wildman–Crippen LogP) is 1.09. The molecule has 0 saturated carbocycles. The van der Waals surface area contributed by atoms with Crippen LogP contribution < -0.4 is 5.32 Å². The largest absolute Gasteiger partial charge is 0.465 e. The Labute approximate surface area is 76.7 Å². The average molecular weight is 189 g/mol. The minimum absolute atomic E-state index is 0.378. The second-order valence-corrected chi connectivity index (χ2v) is 1.93. The number of nitriles is 1. The van der Waals surface area contributed by atoms with E-state index in [0.717, 1.165) is 5.71 Å². The molecule has 0 aromatic carbocycles. The van der Waals surface area contributed by atoms with Crippen molar-refractivity contribution in [2.75, 3.05) is 7.05 Å². The molecule has 0 aliphatic rings. The molecule has 0 aromatic rings. The van der Waals surface area contributed by atoms with E-state index in [1.165, 1.54) is 7.05 Å². The van der Waals surface area contributed by atoms with E-state index in [1.54, 1.807) is 6.92 Å². The van der Waals surface area contributed by atoms with Crippen molar-refractivity contribution in [3.05, 3.63) is 0 Å². The number of carbonyl (C=O) groups is 1. The second-order valence-electron chi connectivity index (χ2n) is 1.73. The highest BCUT2D eigenvalue weighted by Crippen LogP contribution is 1.84. The van der Waals surface area contributed by atoms with Crippen molar-refractivity contribution in [1.29, 1.82) is 5.26 Å². The van der Waals surface area contributed by atoms with Crippen LogP contribution in [0.1, 0.15) is 13.3 Å². The summed E-state index contributed by atoms with van der Waals surface area (Å²) in [5.74, 6) is 0. The third-order valence-corrected chi connectivity index (χ3v) is 1.06. The van der Waals surface area contributed by atoms with Crippen molar-refractivity contribution < 1.29 is 9.90 Å². The summed E-state index contributed by atoms with van der Waals surface area (Å²) in [6, 6.07) is 1.94. The minimum atomic E-state index is -0.995. The summed E-state index contributed by atoms with van der Waals surface area (Å²) in [7, 11) is 1.35. The first kappa shape index (κ1) is 13.4. The Bertz CT molecular complexity index is 197. The molecular formula is C6H11N3O2S. The number of hydrogen-bond acceptors (Lipinski definition) is 4. The van der Waals surface area contributed by atoms with Crippen LogP contribution in [-0.4, -0.2) is 24.0 Å². The molecule has 0 atom stereocenters. The van der Waals surface area contributed by atoms with Crippen LogP contribution in [0.25, 0.3) is 0 Å². The van der Waals surface area contributed by atoms with Crippen molar-refractivity contribution in [2.45, 2.75) is 13.3 Å². The molecule has 0 heterocycles. The van der Waals surface area contributed by atoms with Gasteiger partial charge in [-0.15, -0.1) is 0 Å². The molecule has 0 unspecified atom stereocenters. The molecule has 0 aliphatic heterocycles. The summed E-state index contributed by atoms with van der Waals surface area (Å²) in [4.78, 5) is 9.26. The van der Waals surface area contributed by atoms with Gasteiger partial charge in [0.1, 0.15) is 0 Å². The standard InChI is InChI=1S/C4H6N2S.C2H5NO2/c1-4(6-7)2-3-5;1-3-2(4)5/h7H,2H2,1H3;3H,1H3,(H,4,5). The maximum atomic E-state index is 9.26. The monoisotopic (exact) mass is 189 g/mol. The smallest absolute Gasteiger partial charge is 0.404 e. The number of thiol groups is 1. The number of nitrogens with one attached hydrogen (secondary N) is 1. The maximum Gasteiger partial charge on any atom is 0.404 e. The normalized spacial score (nSPS) is 9.00. The van der Waals surface area contributed by atoms with Gasteiger partial charge in [0.25, 0.3) is 0 Å². The van der Waals surface area contributed by atoms with Gasteiger partial charge in [0.05, 0.1) is 12.5 Å². The zero-order chi connectivity index (χ0) is 9.98. The van der Waals surface area contributed by atoms with Gasteiger partial charge in [-0.1, -0.05) is 0 Å². The van der Waals surface area contributed by atoms with Crippen LogP contribution in [-0.2, 0) is 0 Å². The van der Waals surface area contributed by atoms with Crippen LogP contribution in [0.2, 0.25) is 0 Å². The molecule has 0 aliphatic carbocycles. The first-order valence-corrected chi connectivity index (χ1v) is 3.43. The Morgan fingerprint density at radius 1 is 1.83 bits per heavy atom. The second kappa shape index (κ2) is 9.78. The SMILES string of the molecule is CC(CC#N)=NS.CNC(=O)O. The molecule has 0 radical (unpaired) electrons. The van der Waals surface area contributed by atoms with Gasteiger partial charge >= 0.3 is 6.09 Å². The Hall–Kier alpha value is -1.22. The fourth-order valence-corrected chi connectivity index (χ4v) is 0.220. The minimum Gasteiger partial charge on any atom is -0.465 e. The van der Waals surface area contributed by atoms with Crippen LogP contribution >= 0.6 is 12.8 Å². The first-order valence-electron chi connectivity index (χ1n) is 3.03. The summed E-state index contributed by atoms with van der Waals surface area (Å²) >= 11 is 3.59. The predicted molar refractivity (Wildman–Crippen MR) is 49.4 cm³/mol. The van der Waals surface area contributed by atoms with Gasteiger partial charge in [0.15, 0.2) is 0 Å². The third kappa shape index (κ3) is 15.9. The van der Waals surface area contributed by atoms with Crippen LogP contribution in [0.4, 0.5) is 4.79 Å². The van der Waals surface area contributed by atoms with E-state index in [9.17, 15) is 4.79 Å². The Kier molecular flexibility index (Phi) is 10.9. The Morgan fingerprint density at radius 2 is 2.25 bits per heavy atom. The number of amides is 1. The van der Waals surface area contributed by atoms with E-state index in [2.05, 4.69) is 17.2 Å². The van der Waals surface area contributed by atoms with Gasteiger partial charge in [-0.3, -0.25) is 0 Å². The van der Waals surface area contributed by atoms with Crippen LogP contribution in [0.5, 0.6) is 0 Å². The van der Waals surface area contributed by atoms with Crippen LogP contribution in [0, 0.1) is 11.3 Å². The summed E-state index contributed by atoms with van der Waals surface area (Å²) in [5.41, 5.74) is 0.755. The average Bonchev–Trinajstić information content (AvgIpc) is 2.06. The molecule has 2 N–H and O–H groups in total. The highest BCUT2D eigenvalue weighted by atomic mass is 32.1. The zero-order valence-corrected chi connectivity index (χ0v) is 7.80. The molecule has 1 amide bonds. The van der Waals surface area contributed by atoms with E-state index in [4.69, 9.17) is 10.4 Å². The molecular weight excluding hydrogens is 178 g/mol. The molecule has 0 bridgehead atoms. The number of nitrogens with zero attached hydrogens (tertiary/aromatic N) is 2. The summed E-state index contributed by atoms with van der Waals surface area (Å²) in [6.45, 7) is 1.76. The summed E-state index contributed by atoms with van der Waals surface area (Å²) in [5, 5.41) is 17.6. The summed E-state index contributed by atoms with van der Waals surface area (Å²) < 4.78 is 3.47. The van der Waals surface area contributed by atoms with Gasteiger partial charge in [0, 0.05) is 12.8 Å². The lowest BCUT2D eigenvalue weighted by Gasteiger charge is -1.80. The Morgan fingerprint density at radius 3 is 2.33 bits per heavy atom. The van der Waals surface area contributed by atoms with Gasteiger partial charge in [-0.05, 0) is 19.7 Å². The van der Waals surface area contributed by atoms with Crippen molar-refractivity contribution >= 4 is 24.6 Å². The molecule has 68 valence electrons. The summed E-state index contributed by atoms with van der Waals surface area (Å²) in [6.07, 6.45) is -0.617. The molecule has 5 nitrogen and oxygen atoms in total. The Balaban J connectivity index is 0. The van der Waals surface area contributed by atoms with Crippen molar-refractivity contribution in [3.8, 4) is 6.07 Å². The van der Waals surface area contributed by atoms with E-state index >= 15 is 0 Å². The van der Waals surface area contributed by atoms with Crippen molar-refractivity contribution in [2.24, 2.45) is 4.40 Å². The van der Waals surface area contributed by atoms with Gasteiger partial charge in [-0.25, -0.2) is 9.19 Å². The van der Waals surface area contributed by atoms with Crippen molar-refractivity contribution in [1.82, 2.24) is 5.32 Å². The molecule has 6 heteroatoms. The van der Waals surface area contributed by atoms with Crippen molar-refractivity contribution in [3.63, 3.8) is 0 Å². The number of hydrogen-bond donors (Lipinski definition) is 3. The maximum absolute atomic E-state index is 9.26. The molecule has 0 saturated heterocycles. The molecule has 0 rings (SSSR count). The van der Waals surface area contributed by atoms with Crippen LogP contribution in [0.3, 0.4) is 0 Å². The topological polar surface area (TPSA) is 85.5 Å². The first-order chi connectivity index (χ1) is 5.58. The van der Waals surface area contributed by atoms with E-state index in [1.807, 2.05) is 11.4 Å². The lowest BCUT2D eigenvalue weighted by molar-refractivity contribution is 0.197. The van der Waals surface area contributed by atoms with Crippen LogP contribution in [0.15, 0.2) is 4.40 Å². The third-order valence-electron chi connectivity index (χ3n) is 0.719. The molecule has 0 aromatic heterocycles. The molecule has 0 spiro atoms. The highest BCUT2D eigenvalue weighted by molar-refractivity contribution is 7.79. The van der Waals surface area contributed by atoms with Gasteiger partial charge < -0.3 is 10.4 Å². The van der Waals surface area contributed by atoms with Gasteiger partial charge in [-0.2, -0.15) is 5.26 Å². The number of rotatable bonds is 1. The fraction of sp³-hybridized carbons (Fsp3) is 0.500. The fourth-order valence-electron chi connectivity index (χ4n) is 0.150. The lowest BCUT2D eigenvalue weighted by Crippen LogP contribution is -2.13.